The topological polar surface area (TPSA) is 81.9 Å². The van der Waals surface area contributed by atoms with Crippen LogP contribution in [-0.4, -0.2) is 48.8 Å². The van der Waals surface area contributed by atoms with Crippen LogP contribution in [0, 0.1) is 5.92 Å². The molecule has 1 fully saturated rings. The zero-order valence-corrected chi connectivity index (χ0v) is 12.8. The SMILES string of the molecule is COC(=O)[C@H](N)C[C@H]1CCCN(C(=O)OC(C)(C)C)C1. The summed E-state index contributed by atoms with van der Waals surface area (Å²) in [5.41, 5.74) is 5.28. The van der Waals surface area contributed by atoms with Gasteiger partial charge >= 0.3 is 12.1 Å². The minimum atomic E-state index is -0.622. The second-order valence-electron chi connectivity index (χ2n) is 6.30. The predicted octanol–water partition coefficient (Wildman–Crippen LogP) is 1.52. The Balaban J connectivity index is 2.50. The molecular formula is C14H26N2O4. The lowest BCUT2D eigenvalue weighted by Gasteiger charge is -2.34. The van der Waals surface area contributed by atoms with Gasteiger partial charge < -0.3 is 20.1 Å². The van der Waals surface area contributed by atoms with Crippen molar-refractivity contribution in [3.05, 3.63) is 0 Å². The number of carbonyl (C=O) groups is 2. The average Bonchev–Trinajstić information content (AvgIpc) is 2.36. The summed E-state index contributed by atoms with van der Waals surface area (Å²) in [5, 5.41) is 0. The molecule has 1 heterocycles. The molecule has 0 unspecified atom stereocenters. The molecule has 0 aromatic rings. The molecule has 0 bridgehead atoms. The first-order valence-corrected chi connectivity index (χ1v) is 7.04. The highest BCUT2D eigenvalue weighted by Crippen LogP contribution is 2.22. The first kappa shape index (κ1) is 16.8. The highest BCUT2D eigenvalue weighted by molar-refractivity contribution is 5.75. The Morgan fingerprint density at radius 3 is 2.60 bits per heavy atom. The van der Waals surface area contributed by atoms with Crippen molar-refractivity contribution in [3.8, 4) is 0 Å². The Morgan fingerprint density at radius 1 is 1.40 bits per heavy atom. The molecule has 1 saturated heterocycles. The van der Waals surface area contributed by atoms with E-state index in [1.807, 2.05) is 20.8 Å². The Kier molecular flexibility index (Phi) is 5.80. The van der Waals surface area contributed by atoms with Crippen LogP contribution in [-0.2, 0) is 14.3 Å². The molecule has 6 heteroatoms. The summed E-state index contributed by atoms with van der Waals surface area (Å²) in [4.78, 5) is 25.0. The number of esters is 1. The standard InChI is InChI=1S/C14H26N2O4/c1-14(2,3)20-13(18)16-7-5-6-10(9-16)8-11(15)12(17)19-4/h10-11H,5-9,15H2,1-4H3/t10-,11-/m1/s1. The molecule has 1 aliphatic rings. The van der Waals surface area contributed by atoms with Crippen LogP contribution >= 0.6 is 0 Å². The minimum Gasteiger partial charge on any atom is -0.468 e. The third-order valence-corrected chi connectivity index (χ3v) is 3.26. The van der Waals surface area contributed by atoms with Crippen molar-refractivity contribution in [2.24, 2.45) is 11.7 Å². The van der Waals surface area contributed by atoms with Crippen LogP contribution in [0.4, 0.5) is 4.79 Å². The molecule has 0 aromatic heterocycles. The van der Waals surface area contributed by atoms with Crippen LogP contribution in [0.1, 0.15) is 40.0 Å². The number of carbonyl (C=O) groups excluding carboxylic acids is 2. The van der Waals surface area contributed by atoms with E-state index in [4.69, 9.17) is 10.5 Å². The maximum atomic E-state index is 12.0. The number of hydrogen-bond donors (Lipinski definition) is 1. The molecule has 2 atom stereocenters. The number of rotatable bonds is 3. The van der Waals surface area contributed by atoms with Crippen LogP contribution in [0.15, 0.2) is 0 Å². The zero-order chi connectivity index (χ0) is 15.3. The van der Waals surface area contributed by atoms with Crippen molar-refractivity contribution in [1.29, 1.82) is 0 Å². The largest absolute Gasteiger partial charge is 0.468 e. The van der Waals surface area contributed by atoms with Crippen molar-refractivity contribution in [3.63, 3.8) is 0 Å². The molecule has 0 radical (unpaired) electrons. The highest BCUT2D eigenvalue weighted by atomic mass is 16.6. The summed E-state index contributed by atoms with van der Waals surface area (Å²) in [6.07, 6.45) is 2.10. The lowest BCUT2D eigenvalue weighted by molar-refractivity contribution is -0.142. The van der Waals surface area contributed by atoms with E-state index in [9.17, 15) is 9.59 Å². The van der Waals surface area contributed by atoms with Gasteiger partial charge in [0.15, 0.2) is 0 Å². The van der Waals surface area contributed by atoms with Gasteiger partial charge in [-0.15, -0.1) is 0 Å². The molecule has 0 spiro atoms. The van der Waals surface area contributed by atoms with E-state index in [2.05, 4.69) is 4.74 Å². The molecule has 0 aromatic carbocycles. The number of ether oxygens (including phenoxy) is 2. The Morgan fingerprint density at radius 2 is 2.05 bits per heavy atom. The van der Waals surface area contributed by atoms with Crippen LogP contribution in [0.5, 0.6) is 0 Å². The molecule has 20 heavy (non-hydrogen) atoms. The summed E-state index contributed by atoms with van der Waals surface area (Å²) in [6.45, 7) is 6.82. The number of hydrogen-bond acceptors (Lipinski definition) is 5. The van der Waals surface area contributed by atoms with Gasteiger partial charge in [-0.3, -0.25) is 4.79 Å². The highest BCUT2D eigenvalue weighted by Gasteiger charge is 2.29. The van der Waals surface area contributed by atoms with E-state index in [0.717, 1.165) is 12.8 Å². The first-order valence-electron chi connectivity index (χ1n) is 7.04. The third kappa shape index (κ3) is 5.36. The molecule has 2 N–H and O–H groups in total. The van der Waals surface area contributed by atoms with Gasteiger partial charge in [-0.2, -0.15) is 0 Å². The number of methoxy groups -OCH3 is 1. The fourth-order valence-corrected chi connectivity index (χ4v) is 2.36. The minimum absolute atomic E-state index is 0.213. The summed E-state index contributed by atoms with van der Waals surface area (Å²) in [6, 6.07) is -0.622. The number of nitrogens with two attached hydrogens (primary N) is 1. The molecule has 0 saturated carbocycles. The van der Waals surface area contributed by atoms with Crippen molar-refractivity contribution < 1.29 is 19.1 Å². The second kappa shape index (κ2) is 6.92. The van der Waals surface area contributed by atoms with Crippen LogP contribution < -0.4 is 5.73 Å². The maximum absolute atomic E-state index is 12.0. The normalized spacial score (nSPS) is 21.2. The number of likely N-dealkylation sites (tertiary alicyclic amines) is 1. The summed E-state index contributed by atoms with van der Waals surface area (Å²) >= 11 is 0. The summed E-state index contributed by atoms with van der Waals surface area (Å²) in [5.74, 6) is -0.190. The molecule has 116 valence electrons. The fourth-order valence-electron chi connectivity index (χ4n) is 2.36. The monoisotopic (exact) mass is 286 g/mol. The van der Waals surface area contributed by atoms with Gasteiger partial charge in [0.25, 0.3) is 0 Å². The number of piperidine rings is 1. The van der Waals surface area contributed by atoms with Crippen LogP contribution in [0.2, 0.25) is 0 Å². The third-order valence-electron chi connectivity index (χ3n) is 3.26. The van der Waals surface area contributed by atoms with Crippen molar-refractivity contribution >= 4 is 12.1 Å². The van der Waals surface area contributed by atoms with E-state index in [0.29, 0.717) is 19.5 Å². The summed E-state index contributed by atoms with van der Waals surface area (Å²) in [7, 11) is 1.33. The van der Waals surface area contributed by atoms with Gasteiger partial charge in [0.05, 0.1) is 7.11 Å². The molecule has 0 aliphatic carbocycles. The first-order chi connectivity index (χ1) is 9.23. The second-order valence-corrected chi connectivity index (χ2v) is 6.30. The van der Waals surface area contributed by atoms with E-state index in [1.165, 1.54) is 7.11 Å². The molecule has 6 nitrogen and oxygen atoms in total. The Bertz CT molecular complexity index is 352. The fraction of sp³-hybridized carbons (Fsp3) is 0.857. The van der Waals surface area contributed by atoms with E-state index >= 15 is 0 Å². The van der Waals surface area contributed by atoms with Crippen LogP contribution in [0.25, 0.3) is 0 Å². The van der Waals surface area contributed by atoms with Gasteiger partial charge in [-0.25, -0.2) is 4.79 Å². The molecule has 1 aliphatic heterocycles. The van der Waals surface area contributed by atoms with Gasteiger partial charge in [0.2, 0.25) is 0 Å². The van der Waals surface area contributed by atoms with Gasteiger partial charge in [-0.1, -0.05) is 0 Å². The molecular weight excluding hydrogens is 260 g/mol. The molecule has 1 amide bonds. The quantitative estimate of drug-likeness (QED) is 0.795. The maximum Gasteiger partial charge on any atom is 0.410 e. The van der Waals surface area contributed by atoms with Gasteiger partial charge in [-0.05, 0) is 46.0 Å². The van der Waals surface area contributed by atoms with Gasteiger partial charge in [0, 0.05) is 13.1 Å². The lowest BCUT2D eigenvalue weighted by atomic mass is 9.92. The van der Waals surface area contributed by atoms with E-state index in [1.54, 1.807) is 4.90 Å². The Labute approximate surface area is 120 Å². The lowest BCUT2D eigenvalue weighted by Crippen LogP contribution is -2.45. The van der Waals surface area contributed by atoms with E-state index in [-0.39, 0.29) is 12.0 Å². The predicted molar refractivity (Wildman–Crippen MR) is 75.1 cm³/mol. The zero-order valence-electron chi connectivity index (χ0n) is 12.8. The van der Waals surface area contributed by atoms with Crippen molar-refractivity contribution in [2.45, 2.75) is 51.7 Å². The average molecular weight is 286 g/mol. The number of amides is 1. The number of nitrogens with zero attached hydrogens (tertiary/aromatic N) is 1. The summed E-state index contributed by atoms with van der Waals surface area (Å²) < 4.78 is 9.99. The smallest absolute Gasteiger partial charge is 0.410 e. The molecule has 1 rings (SSSR count). The van der Waals surface area contributed by atoms with Gasteiger partial charge in [0.1, 0.15) is 11.6 Å². The van der Waals surface area contributed by atoms with Crippen LogP contribution in [0.3, 0.4) is 0 Å². The Hall–Kier alpha value is -1.30. The van der Waals surface area contributed by atoms with Crippen molar-refractivity contribution in [1.82, 2.24) is 4.90 Å². The van der Waals surface area contributed by atoms with E-state index < -0.39 is 17.6 Å². The van der Waals surface area contributed by atoms with Crippen molar-refractivity contribution in [2.75, 3.05) is 20.2 Å².